The Morgan fingerprint density at radius 1 is 1.47 bits per heavy atom. The van der Waals surface area contributed by atoms with Crippen LogP contribution in [0.2, 0.25) is 0 Å². The number of hydrogen-bond acceptors (Lipinski definition) is 5. The van der Waals surface area contributed by atoms with Gasteiger partial charge < -0.3 is 15.3 Å². The van der Waals surface area contributed by atoms with Crippen LogP contribution >= 0.6 is 0 Å². The maximum Gasteiger partial charge on any atom is 0.306 e. The molecule has 2 atom stereocenters. The SMILES string of the molecule is O=C(O)CC(O)C(O)c1ccc(=O)[nH]n1. The lowest BCUT2D eigenvalue weighted by atomic mass is 10.1. The van der Waals surface area contributed by atoms with Crippen LogP contribution in [0.3, 0.4) is 0 Å². The van der Waals surface area contributed by atoms with Gasteiger partial charge in [0.25, 0.3) is 5.56 Å². The number of rotatable bonds is 4. The number of hydrogen-bond donors (Lipinski definition) is 4. The fraction of sp³-hybridized carbons (Fsp3) is 0.375. The number of aromatic nitrogens is 2. The highest BCUT2D eigenvalue weighted by molar-refractivity contribution is 5.67. The Morgan fingerprint density at radius 3 is 2.60 bits per heavy atom. The van der Waals surface area contributed by atoms with E-state index in [1.54, 1.807) is 0 Å². The summed E-state index contributed by atoms with van der Waals surface area (Å²) < 4.78 is 0. The Kier molecular flexibility index (Phi) is 3.53. The Hall–Kier alpha value is -1.73. The third-order valence-electron chi connectivity index (χ3n) is 1.75. The monoisotopic (exact) mass is 214 g/mol. The summed E-state index contributed by atoms with van der Waals surface area (Å²) in [5, 5.41) is 32.6. The second kappa shape index (κ2) is 4.67. The predicted octanol–water partition coefficient (Wildman–Crippen LogP) is -1.36. The van der Waals surface area contributed by atoms with E-state index in [2.05, 4.69) is 10.2 Å². The molecule has 0 aliphatic heterocycles. The molecular weight excluding hydrogens is 204 g/mol. The standard InChI is InChI=1S/C8H10N2O5/c11-5(3-7(13)14)8(15)4-1-2-6(12)10-9-4/h1-2,5,8,11,15H,3H2,(H,10,12)(H,13,14). The topological polar surface area (TPSA) is 124 Å². The van der Waals surface area contributed by atoms with Gasteiger partial charge in [-0.15, -0.1) is 0 Å². The summed E-state index contributed by atoms with van der Waals surface area (Å²) in [5.41, 5.74) is -0.429. The highest BCUT2D eigenvalue weighted by Gasteiger charge is 2.22. The van der Waals surface area contributed by atoms with Crippen LogP contribution in [0.5, 0.6) is 0 Å². The van der Waals surface area contributed by atoms with Crippen LogP contribution < -0.4 is 5.56 Å². The number of H-pyrrole nitrogens is 1. The van der Waals surface area contributed by atoms with E-state index in [4.69, 9.17) is 5.11 Å². The quantitative estimate of drug-likeness (QED) is 0.490. The van der Waals surface area contributed by atoms with Crippen molar-refractivity contribution in [3.63, 3.8) is 0 Å². The smallest absolute Gasteiger partial charge is 0.306 e. The summed E-state index contributed by atoms with van der Waals surface area (Å²) in [5.74, 6) is -1.23. The first-order valence-electron chi connectivity index (χ1n) is 4.14. The second-order valence-electron chi connectivity index (χ2n) is 2.96. The molecule has 7 heteroatoms. The summed E-state index contributed by atoms with van der Waals surface area (Å²) in [4.78, 5) is 20.9. The minimum absolute atomic E-state index is 0.0170. The van der Waals surface area contributed by atoms with E-state index in [1.807, 2.05) is 0 Å². The summed E-state index contributed by atoms with van der Waals surface area (Å²) in [6.45, 7) is 0. The fourth-order valence-corrected chi connectivity index (χ4v) is 1.01. The van der Waals surface area contributed by atoms with Crippen LogP contribution in [-0.2, 0) is 4.79 Å². The predicted molar refractivity (Wildman–Crippen MR) is 48.1 cm³/mol. The lowest BCUT2D eigenvalue weighted by Gasteiger charge is -2.14. The second-order valence-corrected chi connectivity index (χ2v) is 2.96. The molecule has 4 N–H and O–H groups in total. The minimum Gasteiger partial charge on any atom is -0.481 e. The van der Waals surface area contributed by atoms with Crippen LogP contribution in [0.1, 0.15) is 18.2 Å². The first-order chi connectivity index (χ1) is 7.00. The van der Waals surface area contributed by atoms with Gasteiger partial charge in [-0.2, -0.15) is 5.10 Å². The number of aliphatic carboxylic acids is 1. The van der Waals surface area contributed by atoms with Crippen molar-refractivity contribution >= 4 is 5.97 Å². The average molecular weight is 214 g/mol. The van der Waals surface area contributed by atoms with Gasteiger partial charge in [-0.3, -0.25) is 9.59 Å². The molecule has 0 radical (unpaired) electrons. The molecular formula is C8H10N2O5. The number of carboxylic acid groups (broad SMARTS) is 1. The number of nitrogens with zero attached hydrogens (tertiary/aromatic N) is 1. The molecule has 1 heterocycles. The van der Waals surface area contributed by atoms with Crippen molar-refractivity contribution in [2.75, 3.05) is 0 Å². The molecule has 15 heavy (non-hydrogen) atoms. The Bertz CT molecular complexity index is 382. The van der Waals surface area contributed by atoms with Gasteiger partial charge in [0.15, 0.2) is 0 Å². The van der Waals surface area contributed by atoms with Crippen LogP contribution in [0.25, 0.3) is 0 Å². The van der Waals surface area contributed by atoms with Crippen LogP contribution in [0, 0.1) is 0 Å². The van der Waals surface area contributed by atoms with Crippen molar-refractivity contribution in [1.82, 2.24) is 10.2 Å². The maximum atomic E-state index is 10.6. The number of carboxylic acids is 1. The molecule has 0 fully saturated rings. The lowest BCUT2D eigenvalue weighted by molar-refractivity contribution is -0.141. The zero-order chi connectivity index (χ0) is 11.4. The van der Waals surface area contributed by atoms with Crippen molar-refractivity contribution in [3.05, 3.63) is 28.2 Å². The van der Waals surface area contributed by atoms with Gasteiger partial charge in [-0.1, -0.05) is 0 Å². The van der Waals surface area contributed by atoms with Gasteiger partial charge in [0.05, 0.1) is 18.2 Å². The molecule has 0 amide bonds. The summed E-state index contributed by atoms with van der Waals surface area (Å²) in [6, 6.07) is 2.34. The summed E-state index contributed by atoms with van der Waals surface area (Å²) >= 11 is 0. The number of aromatic amines is 1. The van der Waals surface area contributed by atoms with E-state index < -0.39 is 30.2 Å². The minimum atomic E-state index is -1.46. The van der Waals surface area contributed by atoms with Gasteiger partial charge in [-0.05, 0) is 6.07 Å². The molecule has 7 nitrogen and oxygen atoms in total. The zero-order valence-corrected chi connectivity index (χ0v) is 7.62. The molecule has 1 aromatic heterocycles. The maximum absolute atomic E-state index is 10.6. The molecule has 82 valence electrons. The molecule has 0 aromatic carbocycles. The van der Waals surface area contributed by atoms with Gasteiger partial charge in [0.1, 0.15) is 6.10 Å². The van der Waals surface area contributed by atoms with Crippen molar-refractivity contribution in [2.24, 2.45) is 0 Å². The molecule has 0 saturated heterocycles. The van der Waals surface area contributed by atoms with Crippen molar-refractivity contribution in [1.29, 1.82) is 0 Å². The third-order valence-corrected chi connectivity index (χ3v) is 1.75. The fourth-order valence-electron chi connectivity index (χ4n) is 1.01. The first kappa shape index (κ1) is 11.3. The van der Waals surface area contributed by atoms with E-state index in [1.165, 1.54) is 6.07 Å². The lowest BCUT2D eigenvalue weighted by Crippen LogP contribution is -2.23. The summed E-state index contributed by atoms with van der Waals surface area (Å²) in [6.07, 6.45) is -3.49. The molecule has 0 spiro atoms. The highest BCUT2D eigenvalue weighted by Crippen LogP contribution is 2.14. The molecule has 0 bridgehead atoms. The zero-order valence-electron chi connectivity index (χ0n) is 7.62. The average Bonchev–Trinajstić information content (AvgIpc) is 2.17. The molecule has 1 aromatic rings. The van der Waals surface area contributed by atoms with Gasteiger partial charge in [0, 0.05) is 6.07 Å². The molecule has 1 rings (SSSR count). The van der Waals surface area contributed by atoms with E-state index in [9.17, 15) is 19.8 Å². The highest BCUT2D eigenvalue weighted by atomic mass is 16.4. The number of carbonyl (C=O) groups is 1. The van der Waals surface area contributed by atoms with E-state index in [0.29, 0.717) is 0 Å². The number of aliphatic hydroxyl groups excluding tert-OH is 2. The van der Waals surface area contributed by atoms with E-state index >= 15 is 0 Å². The number of aliphatic hydroxyl groups is 2. The van der Waals surface area contributed by atoms with Crippen LogP contribution in [0.15, 0.2) is 16.9 Å². The van der Waals surface area contributed by atoms with E-state index in [-0.39, 0.29) is 5.69 Å². The van der Waals surface area contributed by atoms with Crippen LogP contribution in [0.4, 0.5) is 0 Å². The van der Waals surface area contributed by atoms with Crippen LogP contribution in [-0.4, -0.2) is 37.6 Å². The molecule has 2 unspecified atom stereocenters. The van der Waals surface area contributed by atoms with Crippen molar-refractivity contribution in [3.8, 4) is 0 Å². The van der Waals surface area contributed by atoms with Gasteiger partial charge in [0.2, 0.25) is 0 Å². The number of nitrogens with one attached hydrogen (secondary N) is 1. The molecule has 0 aliphatic carbocycles. The van der Waals surface area contributed by atoms with Gasteiger partial charge >= 0.3 is 5.97 Å². The third kappa shape index (κ3) is 3.15. The molecule has 0 saturated carbocycles. The summed E-state index contributed by atoms with van der Waals surface area (Å²) in [7, 11) is 0. The Balaban J connectivity index is 2.75. The van der Waals surface area contributed by atoms with Crippen molar-refractivity contribution < 1.29 is 20.1 Å². The van der Waals surface area contributed by atoms with Crippen molar-refractivity contribution in [2.45, 2.75) is 18.6 Å². The van der Waals surface area contributed by atoms with E-state index in [0.717, 1.165) is 6.07 Å². The Labute approximate surface area is 84.0 Å². The Morgan fingerprint density at radius 2 is 2.13 bits per heavy atom. The molecule has 0 aliphatic rings. The first-order valence-corrected chi connectivity index (χ1v) is 4.14. The van der Waals surface area contributed by atoms with Gasteiger partial charge in [-0.25, -0.2) is 5.10 Å². The normalized spacial score (nSPS) is 14.5. The largest absolute Gasteiger partial charge is 0.481 e.